The fourth-order valence-corrected chi connectivity index (χ4v) is 1.10. The number of hydrogen-bond acceptors (Lipinski definition) is 7. The molecule has 0 aromatic carbocycles. The van der Waals surface area contributed by atoms with E-state index in [1.165, 1.54) is 0 Å². The van der Waals surface area contributed by atoms with Crippen LogP contribution in [0.15, 0.2) is 0 Å². The third-order valence-corrected chi connectivity index (χ3v) is 1.80. The van der Waals surface area contributed by atoms with Gasteiger partial charge in [0.15, 0.2) is 0 Å². The molecular weight excluding hydrogens is 277 g/mol. The molecule has 0 aliphatic heterocycles. The largest absolute Gasteiger partial charge is 0.790 e. The predicted octanol–water partition coefficient (Wildman–Crippen LogP) is -3.34. The molecule has 0 amide bonds. The molecule has 0 bridgehead atoms. The van der Waals surface area contributed by atoms with Crippen LogP contribution in [0.4, 0.5) is 0 Å². The van der Waals surface area contributed by atoms with Crippen LogP contribution in [-0.4, -0.2) is 0 Å². The maximum Gasteiger partial charge on any atom is 0.0655 e. The van der Waals surface area contributed by atoms with Gasteiger partial charge < -0.3 is 33.0 Å². The molecule has 0 unspecified atom stereocenters. The van der Waals surface area contributed by atoms with Gasteiger partial charge in [-0.05, 0) is 0 Å². The standard InChI is InChI=1S/H4O7P2.Rh/c1-8(2,3)7-9(4,5)6;/h(H2,1,2,3)(H2,4,5,6);/p-4. The summed E-state index contributed by atoms with van der Waals surface area (Å²) in [6, 6.07) is 0. The molecule has 0 aliphatic carbocycles. The van der Waals surface area contributed by atoms with Crippen molar-refractivity contribution in [3.8, 4) is 0 Å². The monoisotopic (exact) mass is 277 g/mol. The van der Waals surface area contributed by atoms with Crippen LogP contribution in [0, 0.1) is 0 Å². The summed E-state index contributed by atoms with van der Waals surface area (Å²) in [5.41, 5.74) is 0. The molecule has 0 atom stereocenters. The summed E-state index contributed by atoms with van der Waals surface area (Å²) < 4.78 is 21.2. The minimum atomic E-state index is -5.68. The summed E-state index contributed by atoms with van der Waals surface area (Å²) in [4.78, 5) is 37.3. The first-order valence-electron chi connectivity index (χ1n) is 1.46. The van der Waals surface area contributed by atoms with E-state index in [0.717, 1.165) is 0 Å². The molecule has 0 heterocycles. The van der Waals surface area contributed by atoms with Gasteiger partial charge in [-0.3, -0.25) is 0 Å². The van der Waals surface area contributed by atoms with Crippen LogP contribution in [0.3, 0.4) is 0 Å². The first kappa shape index (κ1) is 13.5. The summed E-state index contributed by atoms with van der Waals surface area (Å²) in [6.45, 7) is 0. The van der Waals surface area contributed by atoms with E-state index in [4.69, 9.17) is 0 Å². The normalized spacial score (nSPS) is 12.4. The second-order valence-electron chi connectivity index (χ2n) is 0.976. The van der Waals surface area contributed by atoms with Crippen LogP contribution in [0.1, 0.15) is 0 Å². The number of hydrogen-bond donors (Lipinski definition) is 0. The number of phosphoric acid groups is 2. The van der Waals surface area contributed by atoms with Gasteiger partial charge in [0.25, 0.3) is 0 Å². The fourth-order valence-electron chi connectivity index (χ4n) is 0.122. The molecule has 0 N–H and O–H groups in total. The molecule has 0 rings (SSSR count). The van der Waals surface area contributed by atoms with E-state index in [1.54, 1.807) is 0 Å². The minimum Gasteiger partial charge on any atom is -0.790 e. The second kappa shape index (κ2) is 4.05. The molecule has 0 aromatic rings. The molecule has 10 heteroatoms. The summed E-state index contributed by atoms with van der Waals surface area (Å²) in [5.74, 6) is 0. The van der Waals surface area contributed by atoms with Gasteiger partial charge in [-0.1, -0.05) is 0 Å². The zero-order chi connectivity index (χ0) is 7.71. The van der Waals surface area contributed by atoms with Crippen molar-refractivity contribution in [2.45, 2.75) is 0 Å². The first-order valence-corrected chi connectivity index (χ1v) is 4.38. The average Bonchev–Trinajstić information content (AvgIpc) is 1.14. The van der Waals surface area contributed by atoms with E-state index in [2.05, 4.69) is 4.31 Å². The van der Waals surface area contributed by atoms with Gasteiger partial charge in [-0.25, -0.2) is 0 Å². The molecule has 0 fully saturated rings. The molecular formula is O7P2Rh-4. The van der Waals surface area contributed by atoms with Crippen LogP contribution in [0.5, 0.6) is 0 Å². The predicted molar refractivity (Wildman–Crippen MR) is 16.3 cm³/mol. The van der Waals surface area contributed by atoms with E-state index in [0.29, 0.717) is 0 Å². The van der Waals surface area contributed by atoms with Crippen LogP contribution >= 0.6 is 15.6 Å². The van der Waals surface area contributed by atoms with Crippen molar-refractivity contribution in [1.29, 1.82) is 0 Å². The third kappa shape index (κ3) is 11.7. The smallest absolute Gasteiger partial charge is 0.0655 e. The topological polar surface area (TPSA) is 136 Å². The van der Waals surface area contributed by atoms with Crippen molar-refractivity contribution < 1.29 is 52.5 Å². The Kier molecular flexibility index (Phi) is 5.45. The molecule has 0 saturated carbocycles. The van der Waals surface area contributed by atoms with Gasteiger partial charge in [-0.15, -0.1) is 0 Å². The Bertz CT molecular complexity index is 152. The van der Waals surface area contributed by atoms with Crippen molar-refractivity contribution in [3.63, 3.8) is 0 Å². The van der Waals surface area contributed by atoms with Gasteiger partial charge in [0, 0.05) is 19.5 Å². The van der Waals surface area contributed by atoms with Gasteiger partial charge in [0.2, 0.25) is 0 Å². The Morgan fingerprint density at radius 2 is 1.10 bits per heavy atom. The maximum atomic E-state index is 9.32. The third-order valence-electron chi connectivity index (χ3n) is 0.200. The van der Waals surface area contributed by atoms with E-state index in [1.807, 2.05) is 0 Å². The number of rotatable bonds is 2. The Morgan fingerprint density at radius 3 is 1.10 bits per heavy atom. The molecule has 1 radical (unpaired) electrons. The summed E-state index contributed by atoms with van der Waals surface area (Å²) in [6.07, 6.45) is 0. The van der Waals surface area contributed by atoms with E-state index in [-0.39, 0.29) is 19.5 Å². The molecule has 65 valence electrons. The van der Waals surface area contributed by atoms with Crippen LogP contribution in [-0.2, 0) is 32.9 Å². The Labute approximate surface area is 68.6 Å². The van der Waals surface area contributed by atoms with Crippen molar-refractivity contribution in [2.24, 2.45) is 0 Å². The quantitative estimate of drug-likeness (QED) is 0.380. The van der Waals surface area contributed by atoms with E-state index < -0.39 is 15.6 Å². The first-order chi connectivity index (χ1) is 3.71. The molecule has 0 aromatic heterocycles. The van der Waals surface area contributed by atoms with Gasteiger partial charge >= 0.3 is 0 Å². The summed E-state index contributed by atoms with van der Waals surface area (Å²) in [7, 11) is -11.4. The second-order valence-corrected chi connectivity index (χ2v) is 3.42. The zero-order valence-corrected chi connectivity index (χ0v) is 7.51. The zero-order valence-electron chi connectivity index (χ0n) is 4.09. The Morgan fingerprint density at radius 1 is 0.900 bits per heavy atom. The molecule has 0 spiro atoms. The van der Waals surface area contributed by atoms with Gasteiger partial charge in [0.05, 0.1) is 15.6 Å². The van der Waals surface area contributed by atoms with Crippen molar-refractivity contribution in [2.75, 3.05) is 0 Å². The van der Waals surface area contributed by atoms with E-state index >= 15 is 0 Å². The Balaban J connectivity index is 0. The minimum absolute atomic E-state index is 0. The van der Waals surface area contributed by atoms with Crippen molar-refractivity contribution in [1.82, 2.24) is 0 Å². The summed E-state index contributed by atoms with van der Waals surface area (Å²) in [5, 5.41) is 0. The molecule has 7 nitrogen and oxygen atoms in total. The van der Waals surface area contributed by atoms with Crippen LogP contribution in [0.25, 0.3) is 0 Å². The van der Waals surface area contributed by atoms with Crippen LogP contribution in [0.2, 0.25) is 0 Å². The van der Waals surface area contributed by atoms with Gasteiger partial charge in [0.1, 0.15) is 0 Å². The van der Waals surface area contributed by atoms with Crippen LogP contribution < -0.4 is 19.6 Å². The molecule has 10 heavy (non-hydrogen) atoms. The van der Waals surface area contributed by atoms with Crippen molar-refractivity contribution >= 4 is 15.6 Å². The maximum absolute atomic E-state index is 9.32. The summed E-state index contributed by atoms with van der Waals surface area (Å²) >= 11 is 0. The Hall–Kier alpha value is 0.883. The SMILES string of the molecule is O=P([O-])([O-])OP(=O)([O-])[O-].[Rh]. The van der Waals surface area contributed by atoms with E-state index in [9.17, 15) is 28.7 Å². The van der Waals surface area contributed by atoms with Gasteiger partial charge in [-0.2, -0.15) is 0 Å². The molecule has 0 saturated heterocycles. The van der Waals surface area contributed by atoms with Crippen molar-refractivity contribution in [3.05, 3.63) is 0 Å². The average molecular weight is 277 g/mol. The fraction of sp³-hybridized carbons (Fsp3) is 0. The molecule has 0 aliphatic rings.